The Morgan fingerprint density at radius 1 is 1.91 bits per heavy atom. The molecule has 1 aliphatic rings. The van der Waals surface area contributed by atoms with Gasteiger partial charge in [0.25, 0.3) is 0 Å². The Morgan fingerprint density at radius 3 is 3.09 bits per heavy atom. The van der Waals surface area contributed by atoms with E-state index < -0.39 is 0 Å². The number of hydrogen-bond acceptors (Lipinski definition) is 3. The van der Waals surface area contributed by atoms with E-state index in [0.717, 1.165) is 0 Å². The van der Waals surface area contributed by atoms with Gasteiger partial charge in [-0.1, -0.05) is 0 Å². The van der Waals surface area contributed by atoms with Crippen molar-refractivity contribution in [3.8, 4) is 0 Å². The molecule has 6 nitrogen and oxygen atoms in total. The lowest BCUT2D eigenvalue weighted by atomic mass is 10.4. The molecule has 11 heavy (non-hydrogen) atoms. The van der Waals surface area contributed by atoms with E-state index in [2.05, 4.69) is 15.1 Å². The van der Waals surface area contributed by atoms with E-state index in [1.54, 1.807) is 0 Å². The molecule has 1 aliphatic heterocycles. The highest BCUT2D eigenvalue weighted by Crippen LogP contribution is 2.06. The molecule has 0 bridgehead atoms. The maximum Gasteiger partial charge on any atom is 0.239 e. The molecule has 0 saturated carbocycles. The predicted molar refractivity (Wildman–Crippen MR) is 38.6 cm³/mol. The summed E-state index contributed by atoms with van der Waals surface area (Å²) < 4.78 is 0. The van der Waals surface area contributed by atoms with Gasteiger partial charge in [0.1, 0.15) is 5.84 Å². The van der Waals surface area contributed by atoms with E-state index >= 15 is 0 Å². The molecule has 1 amide bonds. The van der Waals surface area contributed by atoms with Crippen molar-refractivity contribution in [3.63, 3.8) is 0 Å². The van der Waals surface area contributed by atoms with Gasteiger partial charge in [-0.15, -0.1) is 0 Å². The van der Waals surface area contributed by atoms with E-state index in [1.165, 1.54) is 11.9 Å². The molecule has 58 valence electrons. The van der Waals surface area contributed by atoms with Gasteiger partial charge < -0.3 is 0 Å². The van der Waals surface area contributed by atoms with Crippen molar-refractivity contribution in [3.05, 3.63) is 10.4 Å². The second-order valence-electron chi connectivity index (χ2n) is 2.10. The third kappa shape index (κ3) is 1.68. The smallest absolute Gasteiger partial charge is 0.239 e. The van der Waals surface area contributed by atoms with Crippen LogP contribution in [0.4, 0.5) is 0 Å². The van der Waals surface area contributed by atoms with Crippen molar-refractivity contribution in [2.45, 2.75) is 13.3 Å². The SMILES string of the molecule is CC(=O)N1CCC(N=[N+]=[N-])=N1. The Balaban J connectivity index is 2.68. The summed E-state index contributed by atoms with van der Waals surface area (Å²) in [7, 11) is 0. The molecule has 0 aliphatic carbocycles. The number of nitrogens with zero attached hydrogens (tertiary/aromatic N) is 5. The minimum absolute atomic E-state index is 0.131. The molecular formula is C5H7N5O. The van der Waals surface area contributed by atoms with Crippen LogP contribution in [0.2, 0.25) is 0 Å². The second-order valence-corrected chi connectivity index (χ2v) is 2.10. The minimum Gasteiger partial charge on any atom is -0.273 e. The fourth-order valence-electron chi connectivity index (χ4n) is 0.795. The average Bonchev–Trinajstić information content (AvgIpc) is 2.37. The van der Waals surface area contributed by atoms with Gasteiger partial charge >= 0.3 is 0 Å². The fraction of sp³-hybridized carbons (Fsp3) is 0.600. The molecule has 1 heterocycles. The van der Waals surface area contributed by atoms with Gasteiger partial charge in [-0.3, -0.25) is 4.79 Å². The van der Waals surface area contributed by atoms with E-state index in [1.807, 2.05) is 0 Å². The van der Waals surface area contributed by atoms with Crippen LogP contribution in [-0.4, -0.2) is 23.3 Å². The van der Waals surface area contributed by atoms with Crippen molar-refractivity contribution >= 4 is 11.7 Å². The van der Waals surface area contributed by atoms with Gasteiger partial charge in [0.15, 0.2) is 0 Å². The Labute approximate surface area is 63.1 Å². The summed E-state index contributed by atoms with van der Waals surface area (Å²) in [6, 6.07) is 0. The molecule has 0 atom stereocenters. The van der Waals surface area contributed by atoms with Crippen molar-refractivity contribution in [2.75, 3.05) is 6.54 Å². The Kier molecular flexibility index (Phi) is 2.08. The predicted octanol–water partition coefficient (Wildman–Crippen LogP) is 0.862. The largest absolute Gasteiger partial charge is 0.273 e. The quantitative estimate of drug-likeness (QED) is 0.288. The zero-order valence-corrected chi connectivity index (χ0v) is 6.06. The highest BCUT2D eigenvalue weighted by Gasteiger charge is 2.15. The molecule has 1 rings (SSSR count). The Morgan fingerprint density at radius 2 is 2.64 bits per heavy atom. The highest BCUT2D eigenvalue weighted by atomic mass is 16.2. The van der Waals surface area contributed by atoms with Crippen LogP contribution in [0.15, 0.2) is 10.2 Å². The second kappa shape index (κ2) is 3.03. The summed E-state index contributed by atoms with van der Waals surface area (Å²) >= 11 is 0. The van der Waals surface area contributed by atoms with Crippen LogP contribution < -0.4 is 0 Å². The summed E-state index contributed by atoms with van der Waals surface area (Å²) in [6.45, 7) is 1.94. The first-order valence-corrected chi connectivity index (χ1v) is 3.14. The Hall–Kier alpha value is -1.55. The molecule has 0 spiro atoms. The zero-order valence-electron chi connectivity index (χ0n) is 6.06. The van der Waals surface area contributed by atoms with Gasteiger partial charge in [0.05, 0.1) is 6.54 Å². The van der Waals surface area contributed by atoms with Crippen molar-refractivity contribution in [2.24, 2.45) is 10.2 Å². The van der Waals surface area contributed by atoms with Gasteiger partial charge in [-0.25, -0.2) is 5.01 Å². The highest BCUT2D eigenvalue weighted by molar-refractivity contribution is 5.87. The maximum absolute atomic E-state index is 10.7. The third-order valence-electron chi connectivity index (χ3n) is 1.31. The van der Waals surface area contributed by atoms with E-state index in [4.69, 9.17) is 5.53 Å². The number of hydrogen-bond donors (Lipinski definition) is 0. The lowest BCUT2D eigenvalue weighted by Crippen LogP contribution is -2.19. The summed E-state index contributed by atoms with van der Waals surface area (Å²) in [4.78, 5) is 13.2. The van der Waals surface area contributed by atoms with Gasteiger partial charge in [0.2, 0.25) is 5.91 Å². The number of azide groups is 1. The van der Waals surface area contributed by atoms with Crippen LogP contribution in [0, 0.1) is 0 Å². The molecule has 0 fully saturated rings. The first-order valence-electron chi connectivity index (χ1n) is 3.14. The monoisotopic (exact) mass is 153 g/mol. The van der Waals surface area contributed by atoms with Crippen LogP contribution in [-0.2, 0) is 4.79 Å². The topological polar surface area (TPSA) is 81.4 Å². The molecule has 0 aromatic rings. The summed E-state index contributed by atoms with van der Waals surface area (Å²) in [5.74, 6) is 0.246. The van der Waals surface area contributed by atoms with Crippen LogP contribution in [0.3, 0.4) is 0 Å². The van der Waals surface area contributed by atoms with Gasteiger partial charge in [0, 0.05) is 18.3 Å². The van der Waals surface area contributed by atoms with Crippen LogP contribution in [0.1, 0.15) is 13.3 Å². The summed E-state index contributed by atoms with van der Waals surface area (Å²) in [6.07, 6.45) is 0.545. The standard InChI is InChI=1S/C5H7N5O/c1-4(11)10-3-2-5(8-10)7-9-6/h2-3H2,1H3. The maximum atomic E-state index is 10.7. The fourth-order valence-corrected chi connectivity index (χ4v) is 0.795. The molecule has 0 radical (unpaired) electrons. The number of amides is 1. The zero-order chi connectivity index (χ0) is 8.27. The van der Waals surface area contributed by atoms with Crippen LogP contribution >= 0.6 is 0 Å². The van der Waals surface area contributed by atoms with E-state index in [0.29, 0.717) is 18.8 Å². The minimum atomic E-state index is -0.131. The number of carbonyl (C=O) groups excluding carboxylic acids is 1. The van der Waals surface area contributed by atoms with Crippen molar-refractivity contribution in [1.29, 1.82) is 0 Å². The van der Waals surface area contributed by atoms with Crippen molar-refractivity contribution in [1.82, 2.24) is 5.01 Å². The van der Waals surface area contributed by atoms with Crippen molar-refractivity contribution < 1.29 is 4.79 Å². The summed E-state index contributed by atoms with van der Waals surface area (Å²) in [5.41, 5.74) is 8.03. The van der Waals surface area contributed by atoms with Crippen LogP contribution in [0.5, 0.6) is 0 Å². The third-order valence-corrected chi connectivity index (χ3v) is 1.31. The number of amidine groups is 1. The van der Waals surface area contributed by atoms with Gasteiger partial charge in [-0.05, 0) is 10.6 Å². The van der Waals surface area contributed by atoms with Crippen LogP contribution in [0.25, 0.3) is 10.4 Å². The molecule has 0 aromatic carbocycles. The average molecular weight is 153 g/mol. The molecule has 0 N–H and O–H groups in total. The number of rotatable bonds is 0. The lowest BCUT2D eigenvalue weighted by molar-refractivity contribution is -0.128. The normalized spacial score (nSPS) is 15.7. The Bertz CT molecular complexity index is 252. The molecular weight excluding hydrogens is 146 g/mol. The lowest BCUT2D eigenvalue weighted by Gasteiger charge is -2.05. The molecule has 0 unspecified atom stereocenters. The first-order chi connectivity index (χ1) is 5.24. The van der Waals surface area contributed by atoms with Gasteiger partial charge in [-0.2, -0.15) is 5.10 Å². The molecule has 0 saturated heterocycles. The first kappa shape index (κ1) is 7.56. The van der Waals surface area contributed by atoms with E-state index in [-0.39, 0.29) is 5.91 Å². The molecule has 6 heteroatoms. The summed E-state index contributed by atoms with van der Waals surface area (Å²) in [5, 5.41) is 8.33. The number of hydrazone groups is 1. The van der Waals surface area contributed by atoms with E-state index in [9.17, 15) is 4.79 Å². The molecule has 0 aromatic heterocycles. The number of carbonyl (C=O) groups is 1.